The minimum Gasteiger partial charge on any atom is -0.312 e. The second-order valence-corrected chi connectivity index (χ2v) is 7.45. The van der Waals surface area contributed by atoms with Crippen LogP contribution >= 0.6 is 11.3 Å². The fourth-order valence-corrected chi connectivity index (χ4v) is 2.97. The third-order valence-electron chi connectivity index (χ3n) is 2.15. The average Bonchev–Trinajstić information content (AvgIpc) is 2.42. The number of thiazole rings is 1. The molecule has 0 aliphatic rings. The molecule has 1 N–H and O–H groups in total. The summed E-state index contributed by atoms with van der Waals surface area (Å²) >= 11 is 1.69. The van der Waals surface area contributed by atoms with Crippen LogP contribution in [0, 0.1) is 13.8 Å². The van der Waals surface area contributed by atoms with E-state index >= 15 is 0 Å². The quantitative estimate of drug-likeness (QED) is 0.785. The minimum absolute atomic E-state index is 0.251. The molecule has 0 aromatic carbocycles. The molecule has 0 atom stereocenters. The Morgan fingerprint density at radius 2 is 2.06 bits per heavy atom. The van der Waals surface area contributed by atoms with Gasteiger partial charge in [0.05, 0.1) is 16.5 Å². The maximum Gasteiger partial charge on any atom is 0.147 e. The van der Waals surface area contributed by atoms with Crippen molar-refractivity contribution in [2.45, 2.75) is 26.8 Å². The first kappa shape index (κ1) is 13.6. The largest absolute Gasteiger partial charge is 0.312 e. The summed E-state index contributed by atoms with van der Waals surface area (Å²) in [5.41, 5.74) is 1.07. The van der Waals surface area contributed by atoms with Crippen LogP contribution in [-0.4, -0.2) is 32.0 Å². The molecule has 0 radical (unpaired) electrons. The summed E-state index contributed by atoms with van der Waals surface area (Å²) in [4.78, 5) is 5.57. The topological polar surface area (TPSA) is 59.1 Å². The van der Waals surface area contributed by atoms with Crippen LogP contribution in [0.25, 0.3) is 0 Å². The van der Waals surface area contributed by atoms with Crippen molar-refractivity contribution in [3.8, 4) is 0 Å². The van der Waals surface area contributed by atoms with Crippen molar-refractivity contribution in [1.82, 2.24) is 10.3 Å². The van der Waals surface area contributed by atoms with Crippen LogP contribution in [0.5, 0.6) is 0 Å². The zero-order valence-electron chi connectivity index (χ0n) is 9.91. The lowest BCUT2D eigenvalue weighted by Crippen LogP contribution is -2.17. The highest BCUT2D eigenvalue weighted by molar-refractivity contribution is 7.90. The highest BCUT2D eigenvalue weighted by Crippen LogP contribution is 2.16. The smallest absolute Gasteiger partial charge is 0.147 e. The predicted octanol–water partition coefficient (Wildman–Crippen LogP) is 1.28. The first-order valence-electron chi connectivity index (χ1n) is 5.20. The molecule has 1 aromatic rings. The van der Waals surface area contributed by atoms with E-state index in [1.165, 1.54) is 11.1 Å². The van der Waals surface area contributed by atoms with Crippen LogP contribution < -0.4 is 5.32 Å². The van der Waals surface area contributed by atoms with E-state index in [1.807, 2.05) is 13.8 Å². The van der Waals surface area contributed by atoms with Crippen molar-refractivity contribution >= 4 is 21.2 Å². The van der Waals surface area contributed by atoms with Crippen LogP contribution in [0.2, 0.25) is 0 Å². The second-order valence-electron chi connectivity index (χ2n) is 3.90. The Bertz CT molecular complexity index is 438. The van der Waals surface area contributed by atoms with Gasteiger partial charge in [0.15, 0.2) is 0 Å². The van der Waals surface area contributed by atoms with E-state index in [0.29, 0.717) is 6.42 Å². The van der Waals surface area contributed by atoms with Gasteiger partial charge in [0, 0.05) is 17.7 Å². The molecule has 6 heteroatoms. The molecular formula is C10H18N2O2S2. The molecule has 0 aliphatic carbocycles. The third-order valence-corrected chi connectivity index (χ3v) is 4.26. The number of nitrogens with zero attached hydrogens (tertiary/aromatic N) is 1. The molecule has 0 aliphatic heterocycles. The number of sulfone groups is 1. The Balaban J connectivity index is 2.24. The van der Waals surface area contributed by atoms with Gasteiger partial charge in [0.2, 0.25) is 0 Å². The van der Waals surface area contributed by atoms with Gasteiger partial charge in [-0.25, -0.2) is 13.4 Å². The van der Waals surface area contributed by atoms with Crippen molar-refractivity contribution < 1.29 is 8.42 Å². The number of aromatic nitrogens is 1. The molecule has 0 spiro atoms. The van der Waals surface area contributed by atoms with Gasteiger partial charge in [-0.1, -0.05) is 0 Å². The number of hydrogen-bond acceptors (Lipinski definition) is 5. The number of hydrogen-bond donors (Lipinski definition) is 1. The molecule has 1 rings (SSSR count). The van der Waals surface area contributed by atoms with Gasteiger partial charge in [-0.3, -0.25) is 0 Å². The summed E-state index contributed by atoms with van der Waals surface area (Å²) in [6.07, 6.45) is 1.93. The lowest BCUT2D eigenvalue weighted by atomic mass is 10.4. The Kier molecular flexibility index (Phi) is 4.89. The summed E-state index contributed by atoms with van der Waals surface area (Å²) in [7, 11) is -2.82. The highest BCUT2D eigenvalue weighted by atomic mass is 32.2. The maximum absolute atomic E-state index is 10.9. The minimum atomic E-state index is -2.82. The first-order chi connectivity index (χ1) is 7.38. The Morgan fingerprint density at radius 3 is 2.56 bits per heavy atom. The summed E-state index contributed by atoms with van der Waals surface area (Å²) in [5.74, 6) is 0.251. The van der Waals surface area contributed by atoms with Crippen LogP contribution in [-0.2, 0) is 16.4 Å². The number of nitrogens with one attached hydrogen (secondary N) is 1. The molecule has 1 aromatic heterocycles. The molecule has 0 amide bonds. The SMILES string of the molecule is Cc1nc(C)c(CNCCCS(C)(=O)=O)s1. The molecule has 16 heavy (non-hydrogen) atoms. The molecule has 4 nitrogen and oxygen atoms in total. The molecule has 92 valence electrons. The van der Waals surface area contributed by atoms with Gasteiger partial charge in [-0.2, -0.15) is 0 Å². The molecule has 0 fully saturated rings. The van der Waals surface area contributed by atoms with Crippen molar-refractivity contribution in [3.63, 3.8) is 0 Å². The van der Waals surface area contributed by atoms with Crippen molar-refractivity contribution in [1.29, 1.82) is 0 Å². The third kappa shape index (κ3) is 5.05. The van der Waals surface area contributed by atoms with Crippen LogP contribution in [0.4, 0.5) is 0 Å². The summed E-state index contributed by atoms with van der Waals surface area (Å²) in [5, 5.41) is 4.31. The molecular weight excluding hydrogens is 244 g/mol. The summed E-state index contributed by atoms with van der Waals surface area (Å²) < 4.78 is 21.8. The molecule has 0 saturated carbocycles. The van der Waals surface area contributed by atoms with E-state index in [9.17, 15) is 8.42 Å². The zero-order chi connectivity index (χ0) is 12.2. The summed E-state index contributed by atoms with van der Waals surface area (Å²) in [6, 6.07) is 0. The summed E-state index contributed by atoms with van der Waals surface area (Å²) in [6.45, 7) is 5.49. The first-order valence-corrected chi connectivity index (χ1v) is 8.07. The van der Waals surface area contributed by atoms with Gasteiger partial charge in [-0.15, -0.1) is 11.3 Å². The van der Waals surface area contributed by atoms with Crippen LogP contribution in [0.15, 0.2) is 0 Å². The maximum atomic E-state index is 10.9. The monoisotopic (exact) mass is 262 g/mol. The highest BCUT2D eigenvalue weighted by Gasteiger charge is 2.04. The van der Waals surface area contributed by atoms with Crippen LogP contribution in [0.1, 0.15) is 22.0 Å². The zero-order valence-corrected chi connectivity index (χ0v) is 11.5. The van der Waals surface area contributed by atoms with E-state index in [4.69, 9.17) is 0 Å². The van der Waals surface area contributed by atoms with Gasteiger partial charge in [0.1, 0.15) is 9.84 Å². The molecule has 1 heterocycles. The van der Waals surface area contributed by atoms with Crippen molar-refractivity contribution in [3.05, 3.63) is 15.6 Å². The number of aryl methyl sites for hydroxylation is 2. The fourth-order valence-electron chi connectivity index (χ4n) is 1.40. The molecule has 0 bridgehead atoms. The fraction of sp³-hybridized carbons (Fsp3) is 0.700. The van der Waals surface area contributed by atoms with Gasteiger partial charge < -0.3 is 5.32 Å². The standard InChI is InChI=1S/C10H18N2O2S2/c1-8-10(15-9(2)12-8)7-11-5-4-6-16(3,13)14/h11H,4-7H2,1-3H3. The van der Waals surface area contributed by atoms with Gasteiger partial charge in [-0.05, 0) is 26.8 Å². The Hall–Kier alpha value is -0.460. The van der Waals surface area contributed by atoms with E-state index in [2.05, 4.69) is 10.3 Å². The van der Waals surface area contributed by atoms with E-state index in [-0.39, 0.29) is 5.75 Å². The predicted molar refractivity (Wildman–Crippen MR) is 67.6 cm³/mol. The lowest BCUT2D eigenvalue weighted by molar-refractivity contribution is 0.594. The average molecular weight is 262 g/mol. The van der Waals surface area contributed by atoms with E-state index in [1.54, 1.807) is 11.3 Å². The van der Waals surface area contributed by atoms with E-state index in [0.717, 1.165) is 23.8 Å². The second kappa shape index (κ2) is 5.75. The Morgan fingerprint density at radius 1 is 1.38 bits per heavy atom. The van der Waals surface area contributed by atoms with Gasteiger partial charge >= 0.3 is 0 Å². The lowest BCUT2D eigenvalue weighted by Gasteiger charge is -2.02. The van der Waals surface area contributed by atoms with Crippen molar-refractivity contribution in [2.24, 2.45) is 0 Å². The normalized spacial score (nSPS) is 11.9. The molecule has 0 saturated heterocycles. The Labute approximate surface area is 101 Å². The van der Waals surface area contributed by atoms with Crippen molar-refractivity contribution in [2.75, 3.05) is 18.6 Å². The van der Waals surface area contributed by atoms with Crippen LogP contribution in [0.3, 0.4) is 0 Å². The van der Waals surface area contributed by atoms with E-state index < -0.39 is 9.84 Å². The molecule has 0 unspecified atom stereocenters. The number of rotatable bonds is 6. The van der Waals surface area contributed by atoms with Gasteiger partial charge in [0.25, 0.3) is 0 Å².